The van der Waals surface area contributed by atoms with E-state index in [4.69, 9.17) is 20.4 Å². The topological polar surface area (TPSA) is 81.2 Å². The fraction of sp³-hybridized carbons (Fsp3) is 0.188. The molecule has 0 fully saturated rings. The number of aryl methyl sites for hydroxylation is 1. The number of carbonyl (C=O) groups excluding carboxylic acids is 1. The number of furan rings is 1. The number of amides is 1. The lowest BCUT2D eigenvalue weighted by Gasteiger charge is -2.10. The summed E-state index contributed by atoms with van der Waals surface area (Å²) < 4.78 is 23.9. The molecule has 1 aromatic carbocycles. The van der Waals surface area contributed by atoms with Crippen LogP contribution in [0.3, 0.4) is 0 Å². The van der Waals surface area contributed by atoms with Gasteiger partial charge in [-0.2, -0.15) is 0 Å². The van der Waals surface area contributed by atoms with Crippen molar-refractivity contribution in [3.63, 3.8) is 0 Å². The van der Waals surface area contributed by atoms with Crippen LogP contribution in [0.1, 0.15) is 12.7 Å². The molecular weight excluding hydrogens is 369 g/mol. The van der Waals surface area contributed by atoms with Crippen LogP contribution in [0.5, 0.6) is 0 Å². The predicted octanol–water partition coefficient (Wildman–Crippen LogP) is 4.55. The van der Waals surface area contributed by atoms with Crippen molar-refractivity contribution in [2.75, 3.05) is 5.32 Å². The first kappa shape index (κ1) is 17.5. The molecule has 0 bridgehead atoms. The molecule has 2 heterocycles. The summed E-state index contributed by atoms with van der Waals surface area (Å²) >= 11 is 6.81. The zero-order valence-electron chi connectivity index (χ0n) is 13.2. The summed E-state index contributed by atoms with van der Waals surface area (Å²) in [5, 5.41) is 10.2. The first-order valence-corrected chi connectivity index (χ1v) is 8.50. The van der Waals surface area contributed by atoms with Crippen molar-refractivity contribution in [3.05, 3.63) is 47.1 Å². The van der Waals surface area contributed by atoms with Gasteiger partial charge in [0.25, 0.3) is 11.1 Å². The van der Waals surface area contributed by atoms with E-state index in [1.807, 2.05) is 0 Å². The SMILES string of the molecule is Cc1occc1-c1nnc(S[C@@H](C)C(=O)Nc2ccc(F)c(Cl)c2)o1. The van der Waals surface area contributed by atoms with Gasteiger partial charge in [0, 0.05) is 5.69 Å². The van der Waals surface area contributed by atoms with Crippen LogP contribution in [0.2, 0.25) is 5.02 Å². The molecule has 0 aliphatic carbocycles. The molecule has 0 aliphatic rings. The minimum absolute atomic E-state index is 0.0601. The molecule has 0 radical (unpaired) electrons. The van der Waals surface area contributed by atoms with E-state index in [9.17, 15) is 9.18 Å². The normalized spacial score (nSPS) is 12.2. The van der Waals surface area contributed by atoms with Gasteiger partial charge in [-0.3, -0.25) is 4.79 Å². The fourth-order valence-electron chi connectivity index (χ4n) is 2.00. The number of hydrogen-bond acceptors (Lipinski definition) is 6. The highest BCUT2D eigenvalue weighted by Gasteiger charge is 2.20. The summed E-state index contributed by atoms with van der Waals surface area (Å²) in [6, 6.07) is 5.70. The number of halogens is 2. The predicted molar refractivity (Wildman–Crippen MR) is 92.1 cm³/mol. The molecule has 3 aromatic rings. The highest BCUT2D eigenvalue weighted by atomic mass is 35.5. The second kappa shape index (κ2) is 7.28. The zero-order valence-corrected chi connectivity index (χ0v) is 14.8. The number of anilines is 1. The maximum Gasteiger partial charge on any atom is 0.277 e. The van der Waals surface area contributed by atoms with Crippen LogP contribution in [0.25, 0.3) is 11.5 Å². The number of carbonyl (C=O) groups is 1. The summed E-state index contributed by atoms with van der Waals surface area (Å²) in [5.41, 5.74) is 1.11. The van der Waals surface area contributed by atoms with Crippen molar-refractivity contribution in [2.24, 2.45) is 0 Å². The van der Waals surface area contributed by atoms with E-state index >= 15 is 0 Å². The molecule has 9 heteroatoms. The van der Waals surface area contributed by atoms with Gasteiger partial charge >= 0.3 is 0 Å². The molecule has 6 nitrogen and oxygen atoms in total. The van der Waals surface area contributed by atoms with Crippen molar-refractivity contribution in [1.29, 1.82) is 0 Å². The maximum atomic E-state index is 13.1. The van der Waals surface area contributed by atoms with Crippen LogP contribution in [0.15, 0.2) is 44.6 Å². The van der Waals surface area contributed by atoms with Crippen molar-refractivity contribution >= 4 is 35.0 Å². The van der Waals surface area contributed by atoms with Gasteiger partial charge in [-0.1, -0.05) is 23.4 Å². The molecule has 0 aliphatic heterocycles. The number of thioether (sulfide) groups is 1. The summed E-state index contributed by atoms with van der Waals surface area (Å²) in [5.74, 6) is 0.146. The van der Waals surface area contributed by atoms with E-state index in [-0.39, 0.29) is 16.2 Å². The Bertz CT molecular complexity index is 912. The Labute approximate surface area is 151 Å². The molecule has 0 spiro atoms. The standard InChI is InChI=1S/C16H13ClFN3O3S/c1-8-11(5-6-23-8)15-20-21-16(24-15)25-9(2)14(22)19-10-3-4-13(18)12(17)7-10/h3-7,9H,1-2H3,(H,19,22)/t9-/m0/s1. The second-order valence-corrected chi connectivity index (χ2v) is 6.84. The van der Waals surface area contributed by atoms with Gasteiger partial charge in [-0.15, -0.1) is 10.2 Å². The lowest BCUT2D eigenvalue weighted by Crippen LogP contribution is -2.22. The summed E-state index contributed by atoms with van der Waals surface area (Å²) in [6.45, 7) is 3.48. The van der Waals surface area contributed by atoms with Crippen molar-refractivity contribution in [1.82, 2.24) is 10.2 Å². The second-order valence-electron chi connectivity index (χ2n) is 5.14. The third-order valence-corrected chi connectivity index (χ3v) is 4.55. The van der Waals surface area contributed by atoms with Crippen LogP contribution in [-0.4, -0.2) is 21.4 Å². The third-order valence-electron chi connectivity index (χ3n) is 3.33. The Morgan fingerprint density at radius 1 is 1.36 bits per heavy atom. The van der Waals surface area contributed by atoms with Crippen LogP contribution in [0, 0.1) is 12.7 Å². The molecule has 130 valence electrons. The van der Waals surface area contributed by atoms with Gasteiger partial charge < -0.3 is 14.2 Å². The highest BCUT2D eigenvalue weighted by molar-refractivity contribution is 8.00. The third kappa shape index (κ3) is 4.02. The monoisotopic (exact) mass is 381 g/mol. The van der Waals surface area contributed by atoms with E-state index in [1.165, 1.54) is 24.5 Å². The molecule has 3 rings (SSSR count). The number of aromatic nitrogens is 2. The van der Waals surface area contributed by atoms with E-state index in [0.29, 0.717) is 22.9 Å². The largest absolute Gasteiger partial charge is 0.469 e. The van der Waals surface area contributed by atoms with E-state index in [2.05, 4.69) is 15.5 Å². The van der Waals surface area contributed by atoms with Gasteiger partial charge in [0.1, 0.15) is 11.6 Å². The number of benzene rings is 1. The smallest absolute Gasteiger partial charge is 0.277 e. The molecular formula is C16H13ClFN3O3S. The molecule has 1 N–H and O–H groups in total. The van der Waals surface area contributed by atoms with Crippen LogP contribution in [-0.2, 0) is 4.79 Å². The molecule has 25 heavy (non-hydrogen) atoms. The lowest BCUT2D eigenvalue weighted by atomic mass is 10.3. The quantitative estimate of drug-likeness (QED) is 0.653. The minimum atomic E-state index is -0.546. The summed E-state index contributed by atoms with van der Waals surface area (Å²) in [6.07, 6.45) is 1.53. The first-order valence-electron chi connectivity index (χ1n) is 7.24. The number of rotatable bonds is 5. The molecule has 1 amide bonds. The van der Waals surface area contributed by atoms with Gasteiger partial charge in [0.2, 0.25) is 5.91 Å². The fourth-order valence-corrected chi connectivity index (χ4v) is 2.86. The van der Waals surface area contributed by atoms with Crippen molar-refractivity contribution in [2.45, 2.75) is 24.3 Å². The van der Waals surface area contributed by atoms with Crippen molar-refractivity contribution < 1.29 is 18.0 Å². The Kier molecular flexibility index (Phi) is 5.10. The zero-order chi connectivity index (χ0) is 18.0. The van der Waals surface area contributed by atoms with E-state index < -0.39 is 11.1 Å². The number of nitrogens with zero attached hydrogens (tertiary/aromatic N) is 2. The highest BCUT2D eigenvalue weighted by Crippen LogP contribution is 2.29. The summed E-state index contributed by atoms with van der Waals surface area (Å²) in [4.78, 5) is 12.2. The van der Waals surface area contributed by atoms with E-state index in [1.54, 1.807) is 19.9 Å². The first-order chi connectivity index (χ1) is 11.9. The Hall–Kier alpha value is -2.32. The van der Waals surface area contributed by atoms with Gasteiger partial charge in [-0.05, 0) is 38.1 Å². The number of hydrogen-bond donors (Lipinski definition) is 1. The van der Waals surface area contributed by atoms with Gasteiger partial charge in [0.05, 0.1) is 22.1 Å². The maximum absolute atomic E-state index is 13.1. The Morgan fingerprint density at radius 2 is 2.16 bits per heavy atom. The van der Waals surface area contributed by atoms with Gasteiger partial charge in [-0.25, -0.2) is 4.39 Å². The Balaban J connectivity index is 1.64. The average molecular weight is 382 g/mol. The Morgan fingerprint density at radius 3 is 2.84 bits per heavy atom. The molecule has 0 unspecified atom stereocenters. The molecule has 0 saturated heterocycles. The molecule has 1 atom stereocenters. The van der Waals surface area contributed by atoms with Crippen LogP contribution in [0.4, 0.5) is 10.1 Å². The molecule has 0 saturated carbocycles. The summed E-state index contributed by atoms with van der Waals surface area (Å²) in [7, 11) is 0. The number of nitrogens with one attached hydrogen (secondary N) is 1. The van der Waals surface area contributed by atoms with Crippen LogP contribution >= 0.6 is 23.4 Å². The lowest BCUT2D eigenvalue weighted by molar-refractivity contribution is -0.115. The minimum Gasteiger partial charge on any atom is -0.469 e. The average Bonchev–Trinajstić information content (AvgIpc) is 3.19. The van der Waals surface area contributed by atoms with Gasteiger partial charge in [0.15, 0.2) is 0 Å². The van der Waals surface area contributed by atoms with E-state index in [0.717, 1.165) is 11.8 Å². The van der Waals surface area contributed by atoms with Crippen molar-refractivity contribution in [3.8, 4) is 11.5 Å². The van der Waals surface area contributed by atoms with Crippen LogP contribution < -0.4 is 5.32 Å². The molecule has 2 aromatic heterocycles.